The summed E-state index contributed by atoms with van der Waals surface area (Å²) in [5.74, 6) is 1.27. The fourth-order valence-electron chi connectivity index (χ4n) is 3.59. The van der Waals surface area contributed by atoms with Gasteiger partial charge in [0.15, 0.2) is 0 Å². The van der Waals surface area contributed by atoms with Gasteiger partial charge in [0.1, 0.15) is 0 Å². The van der Waals surface area contributed by atoms with Crippen LogP contribution < -0.4 is 10.2 Å². The van der Waals surface area contributed by atoms with Crippen LogP contribution in [0.2, 0.25) is 0 Å². The van der Waals surface area contributed by atoms with Gasteiger partial charge in [0.25, 0.3) is 0 Å². The lowest BCUT2D eigenvalue weighted by Gasteiger charge is -2.19. The van der Waals surface area contributed by atoms with Crippen molar-refractivity contribution in [1.82, 2.24) is 5.32 Å². The normalized spacial score (nSPS) is 22.1. The van der Waals surface area contributed by atoms with Gasteiger partial charge in [-0.3, -0.25) is 4.90 Å². The Kier molecular flexibility index (Phi) is 3.95. The number of para-hydroxylation sites is 1. The molecule has 1 aromatic carbocycles. The molecule has 1 N–H and O–H groups in total. The third kappa shape index (κ3) is 2.67. The molecule has 1 aliphatic carbocycles. The highest BCUT2D eigenvalue weighted by Crippen LogP contribution is 2.35. The van der Waals surface area contributed by atoms with E-state index in [4.69, 9.17) is 0 Å². The second-order valence-corrected chi connectivity index (χ2v) is 6.24. The maximum atomic E-state index is 12.3. The number of fused-ring (bicyclic) bond motifs is 1. The Morgan fingerprint density at radius 2 is 2.05 bits per heavy atom. The van der Waals surface area contributed by atoms with E-state index in [-0.39, 0.29) is 6.03 Å². The van der Waals surface area contributed by atoms with Crippen LogP contribution in [0.25, 0.3) is 0 Å². The summed E-state index contributed by atoms with van der Waals surface area (Å²) in [7, 11) is 0. The van der Waals surface area contributed by atoms with Crippen LogP contribution in [0.3, 0.4) is 0 Å². The summed E-state index contributed by atoms with van der Waals surface area (Å²) >= 11 is 0. The second kappa shape index (κ2) is 5.86. The number of carbonyl (C=O) groups excluding carboxylic acids is 1. The quantitative estimate of drug-likeness (QED) is 0.889. The zero-order valence-electron chi connectivity index (χ0n) is 12.3. The molecule has 3 heteroatoms. The van der Waals surface area contributed by atoms with E-state index in [1.807, 2.05) is 11.0 Å². The summed E-state index contributed by atoms with van der Waals surface area (Å²) in [5.41, 5.74) is 2.37. The molecule has 108 valence electrons. The number of anilines is 1. The summed E-state index contributed by atoms with van der Waals surface area (Å²) < 4.78 is 0. The first-order valence-electron chi connectivity index (χ1n) is 7.90. The highest BCUT2D eigenvalue weighted by molar-refractivity contribution is 5.94. The topological polar surface area (TPSA) is 32.3 Å². The van der Waals surface area contributed by atoms with Crippen LogP contribution >= 0.6 is 0 Å². The molecule has 3 rings (SSSR count). The first-order valence-corrected chi connectivity index (χ1v) is 7.90. The van der Waals surface area contributed by atoms with Gasteiger partial charge in [-0.25, -0.2) is 4.79 Å². The molecular weight excluding hydrogens is 248 g/mol. The fourth-order valence-corrected chi connectivity index (χ4v) is 3.59. The van der Waals surface area contributed by atoms with Gasteiger partial charge < -0.3 is 5.32 Å². The molecule has 1 unspecified atom stereocenters. The Hall–Kier alpha value is -1.51. The molecule has 1 atom stereocenters. The number of carbonyl (C=O) groups is 1. The van der Waals surface area contributed by atoms with Crippen molar-refractivity contribution in [1.29, 1.82) is 0 Å². The van der Waals surface area contributed by atoms with Gasteiger partial charge in [0.05, 0.1) is 0 Å². The standard InChI is InChI=1S/C17H24N2O/c1-13-12-19(16-9-5-4-8-15(13)16)17(20)18-11-10-14-6-2-3-7-14/h4-5,8-9,13-14H,2-3,6-7,10-12H2,1H3,(H,18,20). The van der Waals surface area contributed by atoms with E-state index >= 15 is 0 Å². The van der Waals surface area contributed by atoms with E-state index in [1.165, 1.54) is 31.2 Å². The number of nitrogens with zero attached hydrogens (tertiary/aromatic N) is 1. The van der Waals surface area contributed by atoms with Gasteiger partial charge in [0.2, 0.25) is 0 Å². The lowest BCUT2D eigenvalue weighted by Crippen LogP contribution is -2.40. The molecule has 0 spiro atoms. The first kappa shape index (κ1) is 13.5. The Labute approximate surface area is 121 Å². The number of hydrogen-bond acceptors (Lipinski definition) is 1. The van der Waals surface area contributed by atoms with Gasteiger partial charge in [-0.2, -0.15) is 0 Å². The minimum Gasteiger partial charge on any atom is -0.338 e. The van der Waals surface area contributed by atoms with E-state index in [1.54, 1.807) is 0 Å². The second-order valence-electron chi connectivity index (χ2n) is 6.24. The Morgan fingerprint density at radius 1 is 1.30 bits per heavy atom. The van der Waals surface area contributed by atoms with Crippen molar-refractivity contribution < 1.29 is 4.79 Å². The summed E-state index contributed by atoms with van der Waals surface area (Å²) in [6.07, 6.45) is 6.57. The molecule has 1 saturated carbocycles. The monoisotopic (exact) mass is 272 g/mol. The zero-order valence-corrected chi connectivity index (χ0v) is 12.3. The van der Waals surface area contributed by atoms with Gasteiger partial charge in [-0.1, -0.05) is 50.8 Å². The average molecular weight is 272 g/mol. The summed E-state index contributed by atoms with van der Waals surface area (Å²) in [4.78, 5) is 14.2. The number of benzene rings is 1. The highest BCUT2D eigenvalue weighted by atomic mass is 16.2. The van der Waals surface area contributed by atoms with Crippen LogP contribution in [0.1, 0.15) is 50.5 Å². The molecule has 1 heterocycles. The number of hydrogen-bond donors (Lipinski definition) is 1. The molecule has 0 bridgehead atoms. The van der Waals surface area contributed by atoms with E-state index in [9.17, 15) is 4.79 Å². The van der Waals surface area contributed by atoms with Crippen molar-refractivity contribution in [3.05, 3.63) is 29.8 Å². The van der Waals surface area contributed by atoms with Crippen LogP contribution in [0.4, 0.5) is 10.5 Å². The number of rotatable bonds is 3. The van der Waals surface area contributed by atoms with E-state index in [0.717, 1.165) is 31.1 Å². The van der Waals surface area contributed by atoms with Gasteiger partial charge in [0, 0.05) is 24.7 Å². The smallest absolute Gasteiger partial charge is 0.321 e. The maximum absolute atomic E-state index is 12.3. The molecule has 2 amide bonds. The van der Waals surface area contributed by atoms with Crippen molar-refractivity contribution in [3.63, 3.8) is 0 Å². The fraction of sp³-hybridized carbons (Fsp3) is 0.588. The molecule has 1 aromatic rings. The molecule has 0 radical (unpaired) electrons. The molecule has 0 saturated heterocycles. The maximum Gasteiger partial charge on any atom is 0.321 e. The lowest BCUT2D eigenvalue weighted by atomic mass is 10.0. The molecule has 20 heavy (non-hydrogen) atoms. The van der Waals surface area contributed by atoms with Crippen LogP contribution in [-0.4, -0.2) is 19.1 Å². The zero-order chi connectivity index (χ0) is 13.9. The van der Waals surface area contributed by atoms with Crippen LogP contribution in [0, 0.1) is 5.92 Å². The highest BCUT2D eigenvalue weighted by Gasteiger charge is 2.29. The average Bonchev–Trinajstić information content (AvgIpc) is 3.08. The largest absolute Gasteiger partial charge is 0.338 e. The lowest BCUT2D eigenvalue weighted by molar-refractivity contribution is 0.245. The van der Waals surface area contributed by atoms with E-state index in [2.05, 4.69) is 30.4 Å². The van der Waals surface area contributed by atoms with Gasteiger partial charge in [-0.05, 0) is 24.0 Å². The Morgan fingerprint density at radius 3 is 2.85 bits per heavy atom. The third-order valence-corrected chi connectivity index (χ3v) is 4.76. The van der Waals surface area contributed by atoms with E-state index in [0.29, 0.717) is 5.92 Å². The molecule has 1 aliphatic heterocycles. The summed E-state index contributed by atoms with van der Waals surface area (Å²) in [5, 5.41) is 3.10. The predicted molar refractivity (Wildman–Crippen MR) is 82.2 cm³/mol. The van der Waals surface area contributed by atoms with Crippen LogP contribution in [-0.2, 0) is 0 Å². The van der Waals surface area contributed by atoms with E-state index < -0.39 is 0 Å². The first-order chi connectivity index (χ1) is 9.75. The van der Waals surface area contributed by atoms with Gasteiger partial charge in [-0.15, -0.1) is 0 Å². The van der Waals surface area contributed by atoms with Crippen LogP contribution in [0.5, 0.6) is 0 Å². The minimum atomic E-state index is 0.0693. The number of amides is 2. The SMILES string of the molecule is CC1CN(C(=O)NCCC2CCCC2)c2ccccc21. The van der Waals surface area contributed by atoms with Crippen LogP contribution in [0.15, 0.2) is 24.3 Å². The molecule has 3 nitrogen and oxygen atoms in total. The predicted octanol–water partition coefficient (Wildman–Crippen LogP) is 3.90. The minimum absolute atomic E-state index is 0.0693. The molecule has 1 fully saturated rings. The molecule has 2 aliphatic rings. The number of nitrogens with one attached hydrogen (secondary N) is 1. The van der Waals surface area contributed by atoms with Gasteiger partial charge >= 0.3 is 6.03 Å². The van der Waals surface area contributed by atoms with Crippen molar-refractivity contribution in [3.8, 4) is 0 Å². The van der Waals surface area contributed by atoms with Crippen molar-refractivity contribution in [2.75, 3.05) is 18.0 Å². The molecular formula is C17H24N2O. The Balaban J connectivity index is 1.55. The van der Waals surface area contributed by atoms with Crippen molar-refractivity contribution in [2.45, 2.75) is 44.9 Å². The number of urea groups is 1. The summed E-state index contributed by atoms with van der Waals surface area (Å²) in [6, 6.07) is 8.31. The third-order valence-electron chi connectivity index (χ3n) is 4.76. The van der Waals surface area contributed by atoms with Crippen molar-refractivity contribution >= 4 is 11.7 Å². The van der Waals surface area contributed by atoms with Crippen molar-refractivity contribution in [2.24, 2.45) is 5.92 Å². The summed E-state index contributed by atoms with van der Waals surface area (Å²) in [6.45, 7) is 3.80. The molecule has 0 aromatic heterocycles. The Bertz CT molecular complexity index is 480.